The van der Waals surface area contributed by atoms with Crippen molar-refractivity contribution in [3.63, 3.8) is 0 Å². The van der Waals surface area contributed by atoms with Gasteiger partial charge in [0.2, 0.25) is 23.6 Å². The van der Waals surface area contributed by atoms with Gasteiger partial charge in [-0.3, -0.25) is 24.0 Å². The van der Waals surface area contributed by atoms with Crippen LogP contribution in [0.4, 0.5) is 0 Å². The number of carbonyl (C=O) groups is 5. The van der Waals surface area contributed by atoms with E-state index in [4.69, 9.17) is 4.74 Å². The molecule has 0 saturated carbocycles. The molecule has 4 rings (SSSR count). The van der Waals surface area contributed by atoms with Crippen LogP contribution < -0.4 is 31.3 Å². The minimum Gasteiger partial charge on any atom is -0.493 e. The van der Waals surface area contributed by atoms with Crippen molar-refractivity contribution < 1.29 is 28.7 Å². The summed E-state index contributed by atoms with van der Waals surface area (Å²) in [6, 6.07) is 12.7. The van der Waals surface area contributed by atoms with Crippen molar-refractivity contribution in [1.82, 2.24) is 36.1 Å². The Balaban J connectivity index is 1.50. The number of nitrogens with one attached hydrogen (secondary N) is 5. The van der Waals surface area contributed by atoms with Crippen LogP contribution in [0.15, 0.2) is 73.3 Å². The molecule has 3 atom stereocenters. The lowest BCUT2D eigenvalue weighted by atomic mass is 10.0. The number of carbonyl (C=O) groups excluding carboxylic acids is 5. The van der Waals surface area contributed by atoms with Gasteiger partial charge in [-0.1, -0.05) is 42.5 Å². The highest BCUT2D eigenvalue weighted by molar-refractivity contribution is 6.01. The zero-order valence-electron chi connectivity index (χ0n) is 25.2. The molecule has 45 heavy (non-hydrogen) atoms. The van der Waals surface area contributed by atoms with E-state index in [1.807, 2.05) is 41.1 Å². The zero-order chi connectivity index (χ0) is 32.0. The van der Waals surface area contributed by atoms with Gasteiger partial charge in [-0.05, 0) is 37.5 Å². The molecule has 0 spiro atoms. The molecule has 13 heteroatoms. The first-order valence-corrected chi connectivity index (χ1v) is 15.0. The van der Waals surface area contributed by atoms with Crippen LogP contribution in [0.1, 0.15) is 42.1 Å². The topological polar surface area (TPSA) is 173 Å². The quantitative estimate of drug-likeness (QED) is 0.243. The number of amides is 5. The summed E-state index contributed by atoms with van der Waals surface area (Å²) in [6.07, 6.45) is 6.00. The normalized spacial score (nSPS) is 20.2. The average molecular weight is 618 g/mol. The minimum absolute atomic E-state index is 0.191. The molecule has 2 heterocycles. The van der Waals surface area contributed by atoms with E-state index in [0.717, 1.165) is 5.56 Å². The summed E-state index contributed by atoms with van der Waals surface area (Å²) in [5.74, 6) is -2.42. The molecule has 0 radical (unpaired) electrons. The van der Waals surface area contributed by atoms with Crippen LogP contribution in [0.25, 0.3) is 0 Å². The number of aryl methyl sites for hydroxylation is 1. The van der Waals surface area contributed by atoms with Crippen LogP contribution >= 0.6 is 0 Å². The number of hydrogen-bond acceptors (Lipinski definition) is 7. The summed E-state index contributed by atoms with van der Waals surface area (Å²) in [5.41, 5.74) is 1.04. The number of aromatic nitrogens is 2. The second-order valence-corrected chi connectivity index (χ2v) is 10.7. The van der Waals surface area contributed by atoms with Crippen LogP contribution in [0.2, 0.25) is 0 Å². The van der Waals surface area contributed by atoms with Crippen molar-refractivity contribution in [2.24, 2.45) is 0 Å². The maximum absolute atomic E-state index is 13.3. The second kappa shape index (κ2) is 16.6. The van der Waals surface area contributed by atoms with E-state index >= 15 is 0 Å². The number of benzene rings is 2. The summed E-state index contributed by atoms with van der Waals surface area (Å²) in [6.45, 7) is 2.87. The van der Waals surface area contributed by atoms with E-state index < -0.39 is 48.2 Å². The molecule has 0 fully saturated rings. The molecule has 2 aromatic carbocycles. The lowest BCUT2D eigenvalue weighted by Gasteiger charge is -2.23. The molecule has 1 aliphatic heterocycles. The largest absolute Gasteiger partial charge is 0.493 e. The van der Waals surface area contributed by atoms with E-state index in [1.165, 1.54) is 6.92 Å². The SMILES string of the molecule is C[C@@H]1NC(=O)C[C@@H](C(=O)NCCCn2ccnc2)NC(=O)c2ccccc2OCCCNC(=O)[C@H](Cc2ccccc2)NC1=O. The van der Waals surface area contributed by atoms with Gasteiger partial charge in [-0.15, -0.1) is 0 Å². The molecule has 0 bridgehead atoms. The number of fused-ring (bicyclic) bond motifs is 1. The third-order valence-corrected chi connectivity index (χ3v) is 7.16. The number of hydrogen-bond donors (Lipinski definition) is 5. The highest BCUT2D eigenvalue weighted by atomic mass is 16.5. The molecule has 5 amide bonds. The molecule has 0 saturated heterocycles. The molecule has 5 N–H and O–H groups in total. The first kappa shape index (κ1) is 32.7. The Labute approximate surface area is 261 Å². The van der Waals surface area contributed by atoms with Gasteiger partial charge in [0.25, 0.3) is 5.91 Å². The van der Waals surface area contributed by atoms with Crippen molar-refractivity contribution in [1.29, 1.82) is 0 Å². The molecule has 0 aliphatic carbocycles. The van der Waals surface area contributed by atoms with Crippen molar-refractivity contribution in [2.45, 2.75) is 57.3 Å². The Morgan fingerprint density at radius 2 is 1.78 bits per heavy atom. The first-order valence-electron chi connectivity index (χ1n) is 15.0. The Hall–Kier alpha value is -5.20. The van der Waals surface area contributed by atoms with Crippen LogP contribution in [0, 0.1) is 0 Å². The minimum atomic E-state index is -1.23. The van der Waals surface area contributed by atoms with Gasteiger partial charge in [0.05, 0.1) is 24.9 Å². The molecule has 1 aliphatic rings. The van der Waals surface area contributed by atoms with Crippen LogP contribution in [0.3, 0.4) is 0 Å². The Kier molecular flexibility index (Phi) is 12.1. The summed E-state index contributed by atoms with van der Waals surface area (Å²) in [5, 5.41) is 13.6. The van der Waals surface area contributed by atoms with Crippen molar-refractivity contribution in [2.75, 3.05) is 19.7 Å². The second-order valence-electron chi connectivity index (χ2n) is 10.7. The van der Waals surface area contributed by atoms with Crippen LogP contribution in [-0.4, -0.2) is 76.9 Å². The fraction of sp³-hybridized carbons (Fsp3) is 0.375. The van der Waals surface area contributed by atoms with Gasteiger partial charge >= 0.3 is 0 Å². The summed E-state index contributed by atoms with van der Waals surface area (Å²) in [4.78, 5) is 69.8. The smallest absolute Gasteiger partial charge is 0.255 e. The standard InChI is InChI=1S/C32H39N7O6/c1-22-29(41)37-25(19-23-9-3-2-4-10-23)31(43)35-14-8-18-45-27-12-6-5-11-24(27)30(42)38-26(20-28(40)36-22)32(44)34-13-7-16-39-17-15-33-21-39/h2-6,9-12,15,17,21-22,25-26H,7-8,13-14,16,18-20H2,1H3,(H,34,44)(H,35,43)(H,36,40)(H,37,41)(H,38,42)/t22-,25-,26-/m0/s1. The Bertz CT molecular complexity index is 1450. The van der Waals surface area contributed by atoms with E-state index in [2.05, 4.69) is 31.6 Å². The average Bonchev–Trinajstić information content (AvgIpc) is 3.56. The summed E-state index contributed by atoms with van der Waals surface area (Å²) < 4.78 is 7.73. The fourth-order valence-corrected chi connectivity index (χ4v) is 4.74. The number of para-hydroxylation sites is 1. The van der Waals surface area contributed by atoms with Crippen LogP contribution in [-0.2, 0) is 32.1 Å². The molecule has 1 aromatic heterocycles. The van der Waals surface area contributed by atoms with Gasteiger partial charge < -0.3 is 35.9 Å². The highest BCUT2D eigenvalue weighted by Crippen LogP contribution is 2.18. The Morgan fingerprint density at radius 1 is 1.00 bits per heavy atom. The van der Waals surface area contributed by atoms with Crippen molar-refractivity contribution in [3.8, 4) is 5.75 Å². The fourth-order valence-electron chi connectivity index (χ4n) is 4.74. The van der Waals surface area contributed by atoms with E-state index in [1.54, 1.807) is 36.8 Å². The first-order chi connectivity index (χ1) is 21.8. The molecular weight excluding hydrogens is 578 g/mol. The third-order valence-electron chi connectivity index (χ3n) is 7.16. The predicted octanol–water partition coefficient (Wildman–Crippen LogP) is 0.709. The highest BCUT2D eigenvalue weighted by Gasteiger charge is 2.29. The van der Waals surface area contributed by atoms with Gasteiger partial charge in [0.1, 0.15) is 23.9 Å². The number of nitrogens with zero attached hydrogens (tertiary/aromatic N) is 2. The van der Waals surface area contributed by atoms with Crippen molar-refractivity contribution in [3.05, 3.63) is 84.4 Å². The monoisotopic (exact) mass is 617 g/mol. The molecule has 238 valence electrons. The number of ether oxygens (including phenoxy) is 1. The third kappa shape index (κ3) is 10.2. The molecular formula is C32H39N7O6. The van der Waals surface area contributed by atoms with E-state index in [-0.39, 0.29) is 31.0 Å². The lowest BCUT2D eigenvalue weighted by molar-refractivity contribution is -0.132. The zero-order valence-corrected chi connectivity index (χ0v) is 25.2. The van der Waals surface area contributed by atoms with E-state index in [9.17, 15) is 24.0 Å². The van der Waals surface area contributed by atoms with Gasteiger partial charge in [-0.25, -0.2) is 4.98 Å². The molecule has 3 aromatic rings. The number of imidazole rings is 1. The van der Waals surface area contributed by atoms with Gasteiger partial charge in [-0.2, -0.15) is 0 Å². The van der Waals surface area contributed by atoms with Gasteiger partial charge in [0, 0.05) is 38.4 Å². The summed E-state index contributed by atoms with van der Waals surface area (Å²) in [7, 11) is 0. The predicted molar refractivity (Wildman–Crippen MR) is 165 cm³/mol. The van der Waals surface area contributed by atoms with Crippen LogP contribution in [0.5, 0.6) is 5.75 Å². The summed E-state index contributed by atoms with van der Waals surface area (Å²) >= 11 is 0. The van der Waals surface area contributed by atoms with Gasteiger partial charge in [0.15, 0.2) is 0 Å². The maximum atomic E-state index is 13.3. The number of rotatable bonds is 7. The molecule has 0 unspecified atom stereocenters. The lowest BCUT2D eigenvalue weighted by Crippen LogP contribution is -2.55. The van der Waals surface area contributed by atoms with E-state index in [0.29, 0.717) is 31.7 Å². The molecule has 13 nitrogen and oxygen atoms in total. The van der Waals surface area contributed by atoms with Crippen molar-refractivity contribution >= 4 is 29.5 Å². The maximum Gasteiger partial charge on any atom is 0.255 e. The Morgan fingerprint density at radius 3 is 2.56 bits per heavy atom.